The summed E-state index contributed by atoms with van der Waals surface area (Å²) in [5.74, 6) is 1.01. The molecule has 0 aromatic heterocycles. The van der Waals surface area contributed by atoms with Crippen molar-refractivity contribution in [2.75, 3.05) is 33.9 Å². The third-order valence-electron chi connectivity index (χ3n) is 2.97. The summed E-state index contributed by atoms with van der Waals surface area (Å²) in [6, 6.07) is 6.37. The molecule has 0 atom stereocenters. The van der Waals surface area contributed by atoms with E-state index >= 15 is 0 Å². The van der Waals surface area contributed by atoms with Crippen molar-refractivity contribution in [3.8, 4) is 5.75 Å². The van der Waals surface area contributed by atoms with Crippen LogP contribution in [-0.2, 0) is 11.2 Å². The van der Waals surface area contributed by atoms with Gasteiger partial charge in [0.25, 0.3) is 0 Å². The number of ether oxygens (including phenoxy) is 2. The van der Waals surface area contributed by atoms with Gasteiger partial charge < -0.3 is 14.8 Å². The summed E-state index contributed by atoms with van der Waals surface area (Å²) in [5.41, 5.74) is 2.61. The maximum atomic E-state index is 5.38. The van der Waals surface area contributed by atoms with E-state index in [-0.39, 0.29) is 0 Å². The molecule has 102 valence electrons. The van der Waals surface area contributed by atoms with E-state index in [0.717, 1.165) is 31.9 Å². The van der Waals surface area contributed by atoms with Crippen LogP contribution < -0.4 is 10.1 Å². The van der Waals surface area contributed by atoms with Crippen molar-refractivity contribution in [3.63, 3.8) is 0 Å². The van der Waals surface area contributed by atoms with Gasteiger partial charge in [0.2, 0.25) is 0 Å². The second kappa shape index (κ2) is 8.95. The fourth-order valence-electron chi connectivity index (χ4n) is 1.97. The number of hydrogen-bond acceptors (Lipinski definition) is 3. The van der Waals surface area contributed by atoms with Gasteiger partial charge in [0.1, 0.15) is 5.75 Å². The van der Waals surface area contributed by atoms with E-state index in [1.807, 2.05) is 0 Å². The summed E-state index contributed by atoms with van der Waals surface area (Å²) in [5, 5.41) is 3.36. The molecule has 0 amide bonds. The van der Waals surface area contributed by atoms with E-state index in [4.69, 9.17) is 9.47 Å². The number of rotatable bonds is 9. The Balaban J connectivity index is 2.24. The van der Waals surface area contributed by atoms with Gasteiger partial charge >= 0.3 is 0 Å². The minimum absolute atomic E-state index is 0.783. The van der Waals surface area contributed by atoms with Crippen LogP contribution in [0.3, 0.4) is 0 Å². The first-order valence-corrected chi connectivity index (χ1v) is 6.61. The van der Waals surface area contributed by atoms with Crippen LogP contribution in [0.4, 0.5) is 0 Å². The fraction of sp³-hybridized carbons (Fsp3) is 0.600. The lowest BCUT2D eigenvalue weighted by atomic mass is 10.0. The predicted octanol–water partition coefficient (Wildman–Crippen LogP) is 2.56. The molecule has 0 aliphatic heterocycles. The van der Waals surface area contributed by atoms with Gasteiger partial charge in [-0.15, -0.1) is 0 Å². The average molecular weight is 251 g/mol. The highest BCUT2D eigenvalue weighted by atomic mass is 16.5. The molecule has 3 nitrogen and oxygen atoms in total. The second-order valence-electron chi connectivity index (χ2n) is 4.52. The minimum atomic E-state index is 0.783. The zero-order valence-corrected chi connectivity index (χ0v) is 11.8. The Morgan fingerprint density at radius 3 is 2.67 bits per heavy atom. The van der Waals surface area contributed by atoms with Crippen molar-refractivity contribution in [1.82, 2.24) is 5.32 Å². The second-order valence-corrected chi connectivity index (χ2v) is 4.52. The van der Waals surface area contributed by atoms with Crippen LogP contribution in [-0.4, -0.2) is 33.9 Å². The first kappa shape index (κ1) is 15.0. The summed E-state index contributed by atoms with van der Waals surface area (Å²) in [6.45, 7) is 4.89. The van der Waals surface area contributed by atoms with Crippen molar-refractivity contribution in [3.05, 3.63) is 29.3 Å². The zero-order valence-electron chi connectivity index (χ0n) is 11.8. The molecule has 1 rings (SSSR count). The highest BCUT2D eigenvalue weighted by molar-refractivity contribution is 5.36. The van der Waals surface area contributed by atoms with Crippen molar-refractivity contribution >= 4 is 0 Å². The SMILES string of the molecule is COCCNCCCCc1cc(C)ccc1OC. The fourth-order valence-corrected chi connectivity index (χ4v) is 1.97. The number of methoxy groups -OCH3 is 2. The molecule has 1 N–H and O–H groups in total. The molecule has 0 saturated heterocycles. The molecule has 3 heteroatoms. The van der Waals surface area contributed by atoms with Gasteiger partial charge in [0, 0.05) is 13.7 Å². The van der Waals surface area contributed by atoms with Crippen LogP contribution >= 0.6 is 0 Å². The lowest BCUT2D eigenvalue weighted by Gasteiger charge is -2.09. The summed E-state index contributed by atoms with van der Waals surface area (Å²) >= 11 is 0. The van der Waals surface area contributed by atoms with Gasteiger partial charge in [-0.2, -0.15) is 0 Å². The number of nitrogens with one attached hydrogen (secondary N) is 1. The molecular weight excluding hydrogens is 226 g/mol. The quantitative estimate of drug-likeness (QED) is 0.684. The van der Waals surface area contributed by atoms with Gasteiger partial charge in [0.15, 0.2) is 0 Å². The van der Waals surface area contributed by atoms with Gasteiger partial charge in [-0.3, -0.25) is 0 Å². The molecule has 0 heterocycles. The number of unbranched alkanes of at least 4 members (excludes halogenated alkanes) is 1. The smallest absolute Gasteiger partial charge is 0.122 e. The maximum Gasteiger partial charge on any atom is 0.122 e. The van der Waals surface area contributed by atoms with E-state index < -0.39 is 0 Å². The van der Waals surface area contributed by atoms with Crippen LogP contribution in [0.2, 0.25) is 0 Å². The Kier molecular flexibility index (Phi) is 7.46. The Bertz CT molecular complexity index is 339. The largest absolute Gasteiger partial charge is 0.496 e. The Morgan fingerprint density at radius 1 is 1.11 bits per heavy atom. The first-order valence-electron chi connectivity index (χ1n) is 6.61. The molecule has 0 unspecified atom stereocenters. The Hall–Kier alpha value is -1.06. The number of benzene rings is 1. The number of hydrogen-bond donors (Lipinski definition) is 1. The highest BCUT2D eigenvalue weighted by Gasteiger charge is 2.02. The number of aryl methyl sites for hydroxylation is 2. The predicted molar refractivity (Wildman–Crippen MR) is 75.4 cm³/mol. The van der Waals surface area contributed by atoms with Crippen molar-refractivity contribution in [2.24, 2.45) is 0 Å². The van der Waals surface area contributed by atoms with E-state index in [1.165, 1.54) is 24.0 Å². The standard InChI is InChI=1S/C15H25NO2/c1-13-7-8-15(18-3)14(12-13)6-4-5-9-16-10-11-17-2/h7-8,12,16H,4-6,9-11H2,1-3H3. The molecule has 0 fully saturated rings. The molecule has 1 aromatic rings. The van der Waals surface area contributed by atoms with Crippen LogP contribution in [0, 0.1) is 6.92 Å². The molecule has 0 spiro atoms. The molecule has 0 aliphatic carbocycles. The van der Waals surface area contributed by atoms with Gasteiger partial charge in [0.05, 0.1) is 13.7 Å². The van der Waals surface area contributed by atoms with Gasteiger partial charge in [-0.25, -0.2) is 0 Å². The van der Waals surface area contributed by atoms with Gasteiger partial charge in [-0.1, -0.05) is 17.7 Å². The lowest BCUT2D eigenvalue weighted by Crippen LogP contribution is -2.20. The molecular formula is C15H25NO2. The van der Waals surface area contributed by atoms with Crippen LogP contribution in [0.1, 0.15) is 24.0 Å². The molecule has 0 aliphatic rings. The monoisotopic (exact) mass is 251 g/mol. The van der Waals surface area contributed by atoms with Crippen LogP contribution in [0.25, 0.3) is 0 Å². The van der Waals surface area contributed by atoms with Crippen molar-refractivity contribution < 1.29 is 9.47 Å². The maximum absolute atomic E-state index is 5.38. The van der Waals surface area contributed by atoms with Crippen LogP contribution in [0.15, 0.2) is 18.2 Å². The van der Waals surface area contributed by atoms with Crippen molar-refractivity contribution in [1.29, 1.82) is 0 Å². The summed E-state index contributed by atoms with van der Waals surface area (Å²) in [7, 11) is 3.46. The zero-order chi connectivity index (χ0) is 13.2. The molecule has 0 saturated carbocycles. The van der Waals surface area contributed by atoms with E-state index in [1.54, 1.807) is 14.2 Å². The molecule has 0 bridgehead atoms. The Labute approximate surface area is 110 Å². The third-order valence-corrected chi connectivity index (χ3v) is 2.97. The Morgan fingerprint density at radius 2 is 1.94 bits per heavy atom. The molecule has 0 radical (unpaired) electrons. The minimum Gasteiger partial charge on any atom is -0.496 e. The third kappa shape index (κ3) is 5.52. The first-order chi connectivity index (χ1) is 8.77. The van der Waals surface area contributed by atoms with E-state index in [0.29, 0.717) is 0 Å². The van der Waals surface area contributed by atoms with Crippen molar-refractivity contribution in [2.45, 2.75) is 26.2 Å². The average Bonchev–Trinajstić information content (AvgIpc) is 2.38. The topological polar surface area (TPSA) is 30.5 Å². The van der Waals surface area contributed by atoms with Crippen LogP contribution in [0.5, 0.6) is 5.75 Å². The van der Waals surface area contributed by atoms with E-state index in [9.17, 15) is 0 Å². The van der Waals surface area contributed by atoms with Gasteiger partial charge in [-0.05, 0) is 44.4 Å². The summed E-state index contributed by atoms with van der Waals surface area (Å²) in [6.07, 6.45) is 3.44. The normalized spacial score (nSPS) is 10.6. The lowest BCUT2D eigenvalue weighted by molar-refractivity contribution is 0.199. The van der Waals surface area contributed by atoms with E-state index in [2.05, 4.69) is 30.4 Å². The summed E-state index contributed by atoms with van der Waals surface area (Å²) in [4.78, 5) is 0. The summed E-state index contributed by atoms with van der Waals surface area (Å²) < 4.78 is 10.4. The highest BCUT2D eigenvalue weighted by Crippen LogP contribution is 2.21. The molecule has 18 heavy (non-hydrogen) atoms. The molecule has 1 aromatic carbocycles.